The Labute approximate surface area is 90.5 Å². The molecule has 13 heavy (non-hydrogen) atoms. The standard InChI is InChI=1S/C11H9O.Zn/c1-12-11-7-6-9-4-2-3-5-10(9)8-11;/h3-8H,1H3;/q-1;. The second-order valence-electron chi connectivity index (χ2n) is 2.64. The van der Waals surface area contributed by atoms with E-state index in [0.717, 1.165) is 5.75 Å². The van der Waals surface area contributed by atoms with Gasteiger partial charge in [-0.25, -0.2) is 0 Å². The van der Waals surface area contributed by atoms with E-state index in [1.807, 2.05) is 36.4 Å². The summed E-state index contributed by atoms with van der Waals surface area (Å²) in [4.78, 5) is 0. The van der Waals surface area contributed by atoms with E-state index in [0.29, 0.717) is 0 Å². The minimum absolute atomic E-state index is 0. The minimum atomic E-state index is 0. The molecule has 0 saturated carbocycles. The Morgan fingerprint density at radius 2 is 2.00 bits per heavy atom. The maximum atomic E-state index is 5.11. The van der Waals surface area contributed by atoms with Crippen molar-refractivity contribution in [3.8, 4) is 5.75 Å². The van der Waals surface area contributed by atoms with E-state index in [2.05, 4.69) is 6.07 Å². The van der Waals surface area contributed by atoms with Crippen LogP contribution >= 0.6 is 0 Å². The summed E-state index contributed by atoms with van der Waals surface area (Å²) in [6.07, 6.45) is 0. The molecule has 0 amide bonds. The second kappa shape index (κ2) is 4.39. The maximum Gasteiger partial charge on any atom is 0.116 e. The molecule has 62 valence electrons. The summed E-state index contributed by atoms with van der Waals surface area (Å²) in [5.74, 6) is 0.897. The molecule has 2 heteroatoms. The van der Waals surface area contributed by atoms with Gasteiger partial charge in [0.1, 0.15) is 5.75 Å². The van der Waals surface area contributed by atoms with Crippen molar-refractivity contribution in [2.45, 2.75) is 0 Å². The van der Waals surface area contributed by atoms with E-state index >= 15 is 0 Å². The van der Waals surface area contributed by atoms with Gasteiger partial charge in [0.2, 0.25) is 0 Å². The molecule has 0 radical (unpaired) electrons. The third kappa shape index (κ3) is 2.08. The average molecular weight is 223 g/mol. The van der Waals surface area contributed by atoms with Gasteiger partial charge >= 0.3 is 0 Å². The van der Waals surface area contributed by atoms with Crippen LogP contribution in [0, 0.1) is 6.07 Å². The van der Waals surface area contributed by atoms with Gasteiger partial charge in [-0.3, -0.25) is 0 Å². The molecule has 0 N–H and O–H groups in total. The number of rotatable bonds is 1. The molecule has 0 unspecified atom stereocenters. The number of benzene rings is 2. The van der Waals surface area contributed by atoms with E-state index < -0.39 is 0 Å². The number of hydrogen-bond acceptors (Lipinski definition) is 1. The normalized spacial score (nSPS) is 9.31. The van der Waals surface area contributed by atoms with Gasteiger partial charge in [-0.2, -0.15) is 24.3 Å². The first-order chi connectivity index (χ1) is 5.90. The molecule has 0 aliphatic carbocycles. The largest absolute Gasteiger partial charge is 0.497 e. The zero-order chi connectivity index (χ0) is 8.39. The zero-order valence-corrected chi connectivity index (χ0v) is 10.5. The fourth-order valence-corrected chi connectivity index (χ4v) is 1.23. The van der Waals surface area contributed by atoms with E-state index in [4.69, 9.17) is 4.74 Å². The molecular formula is C11H9OZn-. The number of ether oxygens (including phenoxy) is 1. The first kappa shape index (κ1) is 10.2. The topological polar surface area (TPSA) is 9.23 Å². The Hall–Kier alpha value is -0.877. The Bertz CT molecular complexity index is 398. The fourth-order valence-electron chi connectivity index (χ4n) is 1.23. The Kier molecular flexibility index (Phi) is 3.44. The van der Waals surface area contributed by atoms with Crippen molar-refractivity contribution >= 4 is 10.8 Å². The van der Waals surface area contributed by atoms with Gasteiger partial charge in [0.05, 0.1) is 7.11 Å². The zero-order valence-electron chi connectivity index (χ0n) is 7.58. The molecule has 0 aromatic heterocycles. The third-order valence-electron chi connectivity index (χ3n) is 1.89. The number of fused-ring (bicyclic) bond motifs is 1. The minimum Gasteiger partial charge on any atom is -0.497 e. The molecule has 0 fully saturated rings. The smallest absolute Gasteiger partial charge is 0.116 e. The van der Waals surface area contributed by atoms with Crippen molar-refractivity contribution in [3.05, 3.63) is 42.5 Å². The van der Waals surface area contributed by atoms with Crippen LogP contribution in [0.25, 0.3) is 10.8 Å². The fraction of sp³-hybridized carbons (Fsp3) is 0.0909. The molecule has 1 nitrogen and oxygen atoms in total. The first-order valence-electron chi connectivity index (χ1n) is 3.84. The van der Waals surface area contributed by atoms with Crippen molar-refractivity contribution in [3.63, 3.8) is 0 Å². The SMILES string of the molecule is COc1ccc2c[c-]ccc2c1.[Zn]. The summed E-state index contributed by atoms with van der Waals surface area (Å²) in [7, 11) is 1.68. The van der Waals surface area contributed by atoms with Crippen LogP contribution in [0.4, 0.5) is 0 Å². The quantitative estimate of drug-likeness (QED) is 0.532. The van der Waals surface area contributed by atoms with Gasteiger partial charge in [0.25, 0.3) is 0 Å². The van der Waals surface area contributed by atoms with Gasteiger partial charge in [-0.05, 0) is 12.1 Å². The Morgan fingerprint density at radius 3 is 2.77 bits per heavy atom. The average Bonchev–Trinajstić information content (AvgIpc) is 2.17. The van der Waals surface area contributed by atoms with E-state index in [-0.39, 0.29) is 19.5 Å². The van der Waals surface area contributed by atoms with Crippen molar-refractivity contribution in [2.24, 2.45) is 0 Å². The number of hydrogen-bond donors (Lipinski definition) is 0. The molecule has 0 aliphatic heterocycles. The molecule has 0 spiro atoms. The van der Waals surface area contributed by atoms with Crippen molar-refractivity contribution in [1.29, 1.82) is 0 Å². The van der Waals surface area contributed by atoms with Gasteiger partial charge in [0.15, 0.2) is 0 Å². The van der Waals surface area contributed by atoms with Crippen LogP contribution in [0.5, 0.6) is 5.75 Å². The summed E-state index contributed by atoms with van der Waals surface area (Å²) < 4.78 is 5.11. The molecule has 2 aromatic rings. The van der Waals surface area contributed by atoms with Crippen LogP contribution < -0.4 is 4.74 Å². The Balaban J connectivity index is 0.000000845. The summed E-state index contributed by atoms with van der Waals surface area (Å²) in [5, 5.41) is 2.38. The third-order valence-corrected chi connectivity index (χ3v) is 1.89. The molecule has 0 bridgehead atoms. The first-order valence-corrected chi connectivity index (χ1v) is 3.84. The number of methoxy groups -OCH3 is 1. The van der Waals surface area contributed by atoms with Crippen LogP contribution in [0.2, 0.25) is 0 Å². The van der Waals surface area contributed by atoms with Crippen molar-refractivity contribution in [2.75, 3.05) is 7.11 Å². The van der Waals surface area contributed by atoms with Crippen LogP contribution in [-0.2, 0) is 19.5 Å². The summed E-state index contributed by atoms with van der Waals surface area (Å²) in [5.41, 5.74) is 0. The predicted molar refractivity (Wildman–Crippen MR) is 49.3 cm³/mol. The van der Waals surface area contributed by atoms with E-state index in [1.54, 1.807) is 7.11 Å². The van der Waals surface area contributed by atoms with Gasteiger partial charge < -0.3 is 4.74 Å². The summed E-state index contributed by atoms with van der Waals surface area (Å²) in [6, 6.07) is 14.9. The van der Waals surface area contributed by atoms with Gasteiger partial charge in [-0.15, -0.1) is 16.8 Å². The Morgan fingerprint density at radius 1 is 1.15 bits per heavy atom. The van der Waals surface area contributed by atoms with Crippen molar-refractivity contribution < 1.29 is 24.2 Å². The van der Waals surface area contributed by atoms with Crippen LogP contribution in [0.1, 0.15) is 0 Å². The van der Waals surface area contributed by atoms with Crippen molar-refractivity contribution in [1.82, 2.24) is 0 Å². The molecule has 0 saturated heterocycles. The van der Waals surface area contributed by atoms with Gasteiger partial charge in [-0.1, -0.05) is 0 Å². The molecule has 0 atom stereocenters. The van der Waals surface area contributed by atoms with Crippen LogP contribution in [-0.4, -0.2) is 7.11 Å². The summed E-state index contributed by atoms with van der Waals surface area (Å²) in [6.45, 7) is 0. The maximum absolute atomic E-state index is 5.11. The van der Waals surface area contributed by atoms with Gasteiger partial charge in [0, 0.05) is 19.5 Å². The van der Waals surface area contributed by atoms with Crippen LogP contribution in [0.15, 0.2) is 36.4 Å². The molecule has 2 rings (SSSR count). The molecule has 0 heterocycles. The van der Waals surface area contributed by atoms with E-state index in [9.17, 15) is 0 Å². The molecule has 0 aliphatic rings. The predicted octanol–water partition coefficient (Wildman–Crippen LogP) is 2.65. The monoisotopic (exact) mass is 221 g/mol. The van der Waals surface area contributed by atoms with E-state index in [1.165, 1.54) is 10.8 Å². The van der Waals surface area contributed by atoms with Crippen LogP contribution in [0.3, 0.4) is 0 Å². The molecular weight excluding hydrogens is 214 g/mol. The second-order valence-corrected chi connectivity index (χ2v) is 2.64. The summed E-state index contributed by atoms with van der Waals surface area (Å²) >= 11 is 0. The molecule has 2 aromatic carbocycles.